The van der Waals surface area contributed by atoms with Gasteiger partial charge >= 0.3 is 0 Å². The number of hydrogen-bond donors (Lipinski definition) is 2. The van der Waals surface area contributed by atoms with E-state index in [1.165, 1.54) is 11.1 Å². The number of halogens is 1. The summed E-state index contributed by atoms with van der Waals surface area (Å²) in [5.74, 6) is 0.322. The van der Waals surface area contributed by atoms with E-state index in [4.69, 9.17) is 5.73 Å². The second kappa shape index (κ2) is 9.98. The molecule has 0 unspecified atom stereocenters. The number of hydrogen-bond acceptors (Lipinski definition) is 2. The number of amides is 1. The summed E-state index contributed by atoms with van der Waals surface area (Å²) in [4.78, 5) is 11.5. The smallest absolute Gasteiger partial charge is 0.221 e. The molecule has 0 spiro atoms. The van der Waals surface area contributed by atoms with Crippen molar-refractivity contribution in [3.63, 3.8) is 0 Å². The van der Waals surface area contributed by atoms with E-state index in [1.54, 1.807) is 0 Å². The van der Waals surface area contributed by atoms with Crippen molar-refractivity contribution in [2.24, 2.45) is 5.73 Å². The Balaban J connectivity index is 0.00000242. The molecule has 0 aromatic heterocycles. The number of carbonyl (C=O) groups is 1. The minimum atomic E-state index is 0. The fourth-order valence-electron chi connectivity index (χ4n) is 2.47. The van der Waals surface area contributed by atoms with Crippen LogP contribution in [0.15, 0.2) is 60.7 Å². The normalized spacial score (nSPS) is 10.1. The van der Waals surface area contributed by atoms with Crippen molar-refractivity contribution in [2.75, 3.05) is 13.1 Å². The summed E-state index contributed by atoms with van der Waals surface area (Å²) in [7, 11) is 0. The van der Waals surface area contributed by atoms with E-state index in [0.717, 1.165) is 6.42 Å². The Morgan fingerprint density at radius 3 is 1.91 bits per heavy atom. The molecule has 0 aliphatic rings. The summed E-state index contributed by atoms with van der Waals surface area (Å²) in [6.07, 6.45) is 1.27. The van der Waals surface area contributed by atoms with Gasteiger partial charge in [-0.2, -0.15) is 0 Å². The third kappa shape index (κ3) is 5.51. The van der Waals surface area contributed by atoms with Gasteiger partial charge in [-0.3, -0.25) is 4.79 Å². The van der Waals surface area contributed by atoms with Crippen molar-refractivity contribution in [1.29, 1.82) is 0 Å². The van der Waals surface area contributed by atoms with Crippen LogP contribution in [0.4, 0.5) is 0 Å². The van der Waals surface area contributed by atoms with E-state index in [2.05, 4.69) is 53.8 Å². The number of nitrogens with two attached hydrogens (primary N) is 1. The Morgan fingerprint density at radius 1 is 0.955 bits per heavy atom. The molecule has 0 heterocycles. The number of benzene rings is 2. The summed E-state index contributed by atoms with van der Waals surface area (Å²) in [6, 6.07) is 20.8. The van der Waals surface area contributed by atoms with Crippen LogP contribution in [-0.4, -0.2) is 19.0 Å². The zero-order valence-electron chi connectivity index (χ0n) is 12.6. The summed E-state index contributed by atoms with van der Waals surface area (Å²) < 4.78 is 0. The number of carbonyl (C=O) groups excluding carboxylic acids is 1. The third-order valence-corrected chi connectivity index (χ3v) is 3.53. The molecule has 0 bridgehead atoms. The first kappa shape index (κ1) is 18.2. The Labute approximate surface area is 138 Å². The van der Waals surface area contributed by atoms with Gasteiger partial charge in [0.2, 0.25) is 5.91 Å². The zero-order valence-corrected chi connectivity index (χ0v) is 13.4. The molecule has 0 radical (unpaired) electrons. The van der Waals surface area contributed by atoms with E-state index >= 15 is 0 Å². The molecule has 22 heavy (non-hydrogen) atoms. The molecule has 2 rings (SSSR count). The molecule has 3 N–H and O–H groups in total. The summed E-state index contributed by atoms with van der Waals surface area (Å²) in [5, 5.41) is 2.93. The SMILES string of the molecule is Cl.NCCC(=O)NCCC(c1ccccc1)c1ccccc1. The van der Waals surface area contributed by atoms with Crippen LogP contribution in [-0.2, 0) is 4.79 Å². The zero-order chi connectivity index (χ0) is 14.9. The molecule has 0 atom stereocenters. The van der Waals surface area contributed by atoms with Crippen LogP contribution in [0, 0.1) is 0 Å². The van der Waals surface area contributed by atoms with Gasteiger partial charge < -0.3 is 11.1 Å². The van der Waals surface area contributed by atoms with Crippen molar-refractivity contribution in [3.8, 4) is 0 Å². The van der Waals surface area contributed by atoms with Gasteiger partial charge in [0.1, 0.15) is 0 Å². The van der Waals surface area contributed by atoms with Gasteiger partial charge in [-0.25, -0.2) is 0 Å². The van der Waals surface area contributed by atoms with E-state index in [-0.39, 0.29) is 18.3 Å². The molecule has 2 aromatic rings. The van der Waals surface area contributed by atoms with Crippen LogP contribution in [0.3, 0.4) is 0 Å². The fraction of sp³-hybridized carbons (Fsp3) is 0.278. The van der Waals surface area contributed by atoms with Crippen LogP contribution in [0.2, 0.25) is 0 Å². The first-order valence-corrected chi connectivity index (χ1v) is 7.38. The molecule has 0 saturated carbocycles. The van der Waals surface area contributed by atoms with Crippen molar-refractivity contribution < 1.29 is 4.79 Å². The molecule has 4 heteroatoms. The molecule has 0 saturated heterocycles. The molecule has 1 amide bonds. The topological polar surface area (TPSA) is 55.1 Å². The second-order valence-electron chi connectivity index (χ2n) is 5.05. The average molecular weight is 319 g/mol. The summed E-state index contributed by atoms with van der Waals surface area (Å²) in [5.41, 5.74) is 7.93. The van der Waals surface area contributed by atoms with Gasteiger partial charge in [0.25, 0.3) is 0 Å². The Bertz CT molecular complexity index is 506. The van der Waals surface area contributed by atoms with Gasteiger partial charge in [0.15, 0.2) is 0 Å². The number of rotatable bonds is 7. The first-order valence-electron chi connectivity index (χ1n) is 7.38. The minimum absolute atomic E-state index is 0. The Kier molecular flexibility index (Phi) is 8.26. The Hall–Kier alpha value is -1.84. The maximum Gasteiger partial charge on any atom is 0.221 e. The van der Waals surface area contributed by atoms with E-state index < -0.39 is 0 Å². The van der Waals surface area contributed by atoms with E-state index in [1.807, 2.05) is 12.1 Å². The molecule has 0 fully saturated rings. The highest BCUT2D eigenvalue weighted by atomic mass is 35.5. The van der Waals surface area contributed by atoms with Crippen LogP contribution in [0.25, 0.3) is 0 Å². The monoisotopic (exact) mass is 318 g/mol. The lowest BCUT2D eigenvalue weighted by molar-refractivity contribution is -0.120. The highest BCUT2D eigenvalue weighted by molar-refractivity contribution is 5.85. The third-order valence-electron chi connectivity index (χ3n) is 3.53. The maximum atomic E-state index is 11.5. The Morgan fingerprint density at radius 2 is 1.45 bits per heavy atom. The largest absolute Gasteiger partial charge is 0.356 e. The van der Waals surface area contributed by atoms with Crippen LogP contribution >= 0.6 is 12.4 Å². The highest BCUT2D eigenvalue weighted by Gasteiger charge is 2.13. The predicted octanol–water partition coefficient (Wildman–Crippen LogP) is 3.10. The van der Waals surface area contributed by atoms with E-state index in [0.29, 0.717) is 25.4 Å². The lowest BCUT2D eigenvalue weighted by atomic mass is 9.88. The maximum absolute atomic E-state index is 11.5. The minimum Gasteiger partial charge on any atom is -0.356 e. The molecular formula is C18H23ClN2O. The lowest BCUT2D eigenvalue weighted by Gasteiger charge is -2.18. The fourth-order valence-corrected chi connectivity index (χ4v) is 2.47. The standard InChI is InChI=1S/C18H22N2O.ClH/c19-13-11-18(21)20-14-12-17(15-7-3-1-4-8-15)16-9-5-2-6-10-16;/h1-10,17H,11-14,19H2,(H,20,21);1H. The van der Waals surface area contributed by atoms with Crippen molar-refractivity contribution in [2.45, 2.75) is 18.8 Å². The van der Waals surface area contributed by atoms with Gasteiger partial charge in [-0.05, 0) is 17.5 Å². The second-order valence-corrected chi connectivity index (χ2v) is 5.05. The summed E-state index contributed by atoms with van der Waals surface area (Å²) >= 11 is 0. The van der Waals surface area contributed by atoms with Crippen molar-refractivity contribution in [3.05, 3.63) is 71.8 Å². The molecule has 2 aromatic carbocycles. The number of nitrogens with one attached hydrogen (secondary N) is 1. The van der Waals surface area contributed by atoms with Crippen molar-refractivity contribution >= 4 is 18.3 Å². The predicted molar refractivity (Wildman–Crippen MR) is 93.3 cm³/mol. The molecule has 0 aliphatic heterocycles. The van der Waals surface area contributed by atoms with Crippen LogP contribution in [0.1, 0.15) is 29.9 Å². The summed E-state index contributed by atoms with van der Waals surface area (Å²) in [6.45, 7) is 1.06. The average Bonchev–Trinajstić information content (AvgIpc) is 2.53. The quantitative estimate of drug-likeness (QED) is 0.824. The van der Waals surface area contributed by atoms with Gasteiger partial charge in [-0.15, -0.1) is 12.4 Å². The van der Waals surface area contributed by atoms with Gasteiger partial charge in [0.05, 0.1) is 0 Å². The van der Waals surface area contributed by atoms with E-state index in [9.17, 15) is 4.79 Å². The highest BCUT2D eigenvalue weighted by Crippen LogP contribution is 2.27. The van der Waals surface area contributed by atoms with Crippen LogP contribution < -0.4 is 11.1 Å². The van der Waals surface area contributed by atoms with Gasteiger partial charge in [-0.1, -0.05) is 60.7 Å². The van der Waals surface area contributed by atoms with Crippen LogP contribution in [0.5, 0.6) is 0 Å². The molecule has 118 valence electrons. The van der Waals surface area contributed by atoms with Gasteiger partial charge in [0, 0.05) is 25.4 Å². The lowest BCUT2D eigenvalue weighted by Crippen LogP contribution is -2.27. The first-order chi connectivity index (χ1) is 10.3. The molecule has 3 nitrogen and oxygen atoms in total. The van der Waals surface area contributed by atoms with Crippen molar-refractivity contribution in [1.82, 2.24) is 5.32 Å². The molecular weight excluding hydrogens is 296 g/mol. The molecule has 0 aliphatic carbocycles.